The lowest BCUT2D eigenvalue weighted by Crippen LogP contribution is -2.50. The summed E-state index contributed by atoms with van der Waals surface area (Å²) in [4.78, 5) is 18.3. The van der Waals surface area contributed by atoms with Gasteiger partial charge in [0.25, 0.3) is 5.91 Å². The first-order valence-electron chi connectivity index (χ1n) is 6.46. The third kappa shape index (κ3) is 2.27. The van der Waals surface area contributed by atoms with E-state index in [9.17, 15) is 9.90 Å². The van der Waals surface area contributed by atoms with Crippen molar-refractivity contribution in [1.82, 2.24) is 14.5 Å². The molecule has 100 valence electrons. The standard InChI is InChI=1S/C13H21N3O2/c1-4-13(18)6-5-7-16(8-13)12(17)11-10(2)14-9-15(11)3/h9,18H,4-8H2,1-3H3. The number of carbonyl (C=O) groups excluding carboxylic acids is 1. The summed E-state index contributed by atoms with van der Waals surface area (Å²) in [6.45, 7) is 4.94. The minimum absolute atomic E-state index is 0.0286. The maximum Gasteiger partial charge on any atom is 0.272 e. The second-order valence-electron chi connectivity index (χ2n) is 5.20. The van der Waals surface area contributed by atoms with Crippen LogP contribution in [0.15, 0.2) is 6.33 Å². The number of hydrogen-bond acceptors (Lipinski definition) is 3. The van der Waals surface area contributed by atoms with E-state index >= 15 is 0 Å². The van der Waals surface area contributed by atoms with E-state index in [4.69, 9.17) is 0 Å². The Hall–Kier alpha value is -1.36. The van der Waals surface area contributed by atoms with Gasteiger partial charge in [-0.2, -0.15) is 0 Å². The Bertz CT molecular complexity index is 436. The van der Waals surface area contributed by atoms with E-state index in [1.54, 1.807) is 15.8 Å². The van der Waals surface area contributed by atoms with Crippen LogP contribution in [0.4, 0.5) is 0 Å². The Morgan fingerprint density at radius 3 is 2.89 bits per heavy atom. The Kier molecular flexibility index (Phi) is 3.43. The van der Waals surface area contributed by atoms with Gasteiger partial charge in [-0.15, -0.1) is 0 Å². The molecule has 1 aromatic heterocycles. The van der Waals surface area contributed by atoms with Crippen molar-refractivity contribution in [2.45, 2.75) is 38.7 Å². The first-order valence-corrected chi connectivity index (χ1v) is 6.46. The summed E-state index contributed by atoms with van der Waals surface area (Å²) in [5, 5.41) is 10.3. The molecule has 2 rings (SSSR count). The fraction of sp³-hybridized carbons (Fsp3) is 0.692. The Morgan fingerprint density at radius 2 is 2.33 bits per heavy atom. The predicted octanol–water partition coefficient (Wildman–Crippen LogP) is 1.11. The van der Waals surface area contributed by atoms with Crippen molar-refractivity contribution in [3.05, 3.63) is 17.7 Å². The maximum absolute atomic E-state index is 12.5. The molecule has 0 aromatic carbocycles. The van der Waals surface area contributed by atoms with E-state index in [2.05, 4.69) is 4.98 Å². The van der Waals surface area contributed by atoms with E-state index in [0.29, 0.717) is 25.2 Å². The molecular formula is C13H21N3O2. The van der Waals surface area contributed by atoms with Crippen LogP contribution in [0.3, 0.4) is 0 Å². The molecular weight excluding hydrogens is 230 g/mol. The zero-order chi connectivity index (χ0) is 13.3. The predicted molar refractivity (Wildman–Crippen MR) is 68.3 cm³/mol. The van der Waals surface area contributed by atoms with E-state index in [1.165, 1.54) is 0 Å². The molecule has 0 aliphatic carbocycles. The maximum atomic E-state index is 12.5. The minimum Gasteiger partial charge on any atom is -0.388 e. The summed E-state index contributed by atoms with van der Waals surface area (Å²) < 4.78 is 1.75. The smallest absolute Gasteiger partial charge is 0.272 e. The molecule has 2 heterocycles. The van der Waals surface area contributed by atoms with Crippen LogP contribution in [0.5, 0.6) is 0 Å². The summed E-state index contributed by atoms with van der Waals surface area (Å²) in [6.07, 6.45) is 3.96. The lowest BCUT2D eigenvalue weighted by atomic mass is 9.90. The zero-order valence-electron chi connectivity index (χ0n) is 11.3. The van der Waals surface area contributed by atoms with Crippen molar-refractivity contribution in [1.29, 1.82) is 0 Å². The number of amides is 1. The summed E-state index contributed by atoms with van der Waals surface area (Å²) >= 11 is 0. The van der Waals surface area contributed by atoms with Gasteiger partial charge in [0.15, 0.2) is 0 Å². The van der Waals surface area contributed by atoms with Crippen molar-refractivity contribution in [2.24, 2.45) is 7.05 Å². The van der Waals surface area contributed by atoms with Crippen LogP contribution in [0.2, 0.25) is 0 Å². The van der Waals surface area contributed by atoms with Gasteiger partial charge in [-0.3, -0.25) is 4.79 Å². The number of hydrogen-bond donors (Lipinski definition) is 1. The molecule has 1 fully saturated rings. The minimum atomic E-state index is -0.722. The average molecular weight is 251 g/mol. The SMILES string of the molecule is CCC1(O)CCCN(C(=O)c2c(C)ncn2C)C1. The molecule has 0 radical (unpaired) electrons. The van der Waals surface area contributed by atoms with Crippen LogP contribution < -0.4 is 0 Å². The fourth-order valence-electron chi connectivity index (χ4n) is 2.58. The highest BCUT2D eigenvalue weighted by Crippen LogP contribution is 2.25. The van der Waals surface area contributed by atoms with E-state index in [-0.39, 0.29) is 5.91 Å². The summed E-state index contributed by atoms with van der Waals surface area (Å²) in [5.74, 6) is -0.0286. The van der Waals surface area contributed by atoms with Crippen molar-refractivity contribution in [2.75, 3.05) is 13.1 Å². The molecule has 18 heavy (non-hydrogen) atoms. The number of aromatic nitrogens is 2. The van der Waals surface area contributed by atoms with E-state index < -0.39 is 5.60 Å². The zero-order valence-corrected chi connectivity index (χ0v) is 11.3. The molecule has 1 N–H and O–H groups in total. The molecule has 1 atom stereocenters. The van der Waals surface area contributed by atoms with Gasteiger partial charge in [0, 0.05) is 20.1 Å². The highest BCUT2D eigenvalue weighted by molar-refractivity contribution is 5.93. The van der Waals surface area contributed by atoms with Gasteiger partial charge in [-0.05, 0) is 26.2 Å². The fourth-order valence-corrected chi connectivity index (χ4v) is 2.58. The normalized spacial score (nSPS) is 24.3. The third-order valence-corrected chi connectivity index (χ3v) is 3.82. The second-order valence-corrected chi connectivity index (χ2v) is 5.20. The number of imidazole rings is 1. The second kappa shape index (κ2) is 4.72. The van der Waals surface area contributed by atoms with Crippen LogP contribution >= 0.6 is 0 Å². The highest BCUT2D eigenvalue weighted by Gasteiger charge is 2.34. The summed E-state index contributed by atoms with van der Waals surface area (Å²) in [5.41, 5.74) is 0.643. The molecule has 1 saturated heterocycles. The third-order valence-electron chi connectivity index (χ3n) is 3.82. The number of β-amino-alcohol motifs (C(OH)–C–C–N with tert-alkyl or cyclic N) is 1. The summed E-state index contributed by atoms with van der Waals surface area (Å²) in [6, 6.07) is 0. The van der Waals surface area contributed by atoms with Gasteiger partial charge in [0.1, 0.15) is 5.69 Å². The van der Waals surface area contributed by atoms with Crippen molar-refractivity contribution in [3.8, 4) is 0 Å². The first-order chi connectivity index (χ1) is 8.47. The molecule has 0 spiro atoms. The van der Waals surface area contributed by atoms with Gasteiger partial charge in [-0.25, -0.2) is 4.98 Å². The Morgan fingerprint density at radius 1 is 1.61 bits per heavy atom. The molecule has 0 saturated carbocycles. The lowest BCUT2D eigenvalue weighted by Gasteiger charge is -2.38. The molecule has 1 amide bonds. The van der Waals surface area contributed by atoms with Crippen molar-refractivity contribution >= 4 is 5.91 Å². The Labute approximate surface area is 107 Å². The topological polar surface area (TPSA) is 58.4 Å². The number of aryl methyl sites for hydroxylation is 2. The molecule has 5 nitrogen and oxygen atoms in total. The van der Waals surface area contributed by atoms with Gasteiger partial charge < -0.3 is 14.6 Å². The average Bonchev–Trinajstić information content (AvgIpc) is 2.68. The van der Waals surface area contributed by atoms with E-state index in [1.807, 2.05) is 20.9 Å². The van der Waals surface area contributed by atoms with Crippen LogP contribution in [-0.4, -0.2) is 44.2 Å². The van der Waals surface area contributed by atoms with Crippen LogP contribution in [0.1, 0.15) is 42.4 Å². The highest BCUT2D eigenvalue weighted by atomic mass is 16.3. The van der Waals surface area contributed by atoms with Crippen molar-refractivity contribution < 1.29 is 9.90 Å². The number of aliphatic hydroxyl groups is 1. The molecule has 1 aromatic rings. The number of rotatable bonds is 2. The summed E-state index contributed by atoms with van der Waals surface area (Å²) in [7, 11) is 1.82. The van der Waals surface area contributed by atoms with Crippen LogP contribution in [0, 0.1) is 6.92 Å². The Balaban J connectivity index is 2.19. The number of likely N-dealkylation sites (tertiary alicyclic amines) is 1. The molecule has 1 aliphatic rings. The molecule has 0 bridgehead atoms. The van der Waals surface area contributed by atoms with Gasteiger partial charge in [0.2, 0.25) is 0 Å². The molecule has 5 heteroatoms. The van der Waals surface area contributed by atoms with Gasteiger partial charge in [-0.1, -0.05) is 6.92 Å². The van der Waals surface area contributed by atoms with Crippen molar-refractivity contribution in [3.63, 3.8) is 0 Å². The lowest BCUT2D eigenvalue weighted by molar-refractivity contribution is -0.0272. The van der Waals surface area contributed by atoms with E-state index in [0.717, 1.165) is 18.5 Å². The number of piperidine rings is 1. The van der Waals surface area contributed by atoms with Crippen LogP contribution in [0.25, 0.3) is 0 Å². The van der Waals surface area contributed by atoms with Gasteiger partial charge >= 0.3 is 0 Å². The number of nitrogens with zero attached hydrogens (tertiary/aromatic N) is 3. The first kappa shape index (κ1) is 13.1. The molecule has 1 unspecified atom stereocenters. The molecule has 1 aliphatic heterocycles. The largest absolute Gasteiger partial charge is 0.388 e. The van der Waals surface area contributed by atoms with Crippen LogP contribution in [-0.2, 0) is 7.05 Å². The van der Waals surface area contributed by atoms with Gasteiger partial charge in [0.05, 0.1) is 17.6 Å². The monoisotopic (exact) mass is 251 g/mol. The quantitative estimate of drug-likeness (QED) is 0.856. The number of carbonyl (C=O) groups is 1.